The average molecular weight is 305 g/mol. The molecule has 21 heavy (non-hydrogen) atoms. The normalized spacial score (nSPS) is 36.5. The first kappa shape index (κ1) is 14.6. The smallest absolute Gasteiger partial charge is 0.344 e. The van der Waals surface area contributed by atoms with E-state index in [-0.39, 0.29) is 18.7 Å². The molecule has 2 amide bonds. The third kappa shape index (κ3) is 2.73. The molecule has 118 valence electrons. The van der Waals surface area contributed by atoms with Crippen molar-refractivity contribution in [2.24, 2.45) is 17.8 Å². The van der Waals surface area contributed by atoms with Crippen LogP contribution in [0.1, 0.15) is 12.8 Å². The van der Waals surface area contributed by atoms with E-state index in [2.05, 4.69) is 5.32 Å². The quantitative estimate of drug-likeness (QED) is 0.677. The number of fused-ring (bicyclic) bond motifs is 1. The first-order valence-electron chi connectivity index (χ1n) is 7.23. The standard InChI is InChI=1S/C13H18F3N3O2/c14-13(15,16)10-2-1-9(11(20)18-10)12(21)19-5-7-3-17-4-8(7)6-19/h7-10,17H,1-6H2,(H,18,20)/t7-,8+,9?,10?. The van der Waals surface area contributed by atoms with E-state index in [9.17, 15) is 22.8 Å². The molecule has 0 aromatic carbocycles. The minimum atomic E-state index is -4.44. The van der Waals surface area contributed by atoms with Gasteiger partial charge in [0.2, 0.25) is 11.8 Å². The van der Waals surface area contributed by atoms with Crippen molar-refractivity contribution >= 4 is 11.8 Å². The zero-order valence-corrected chi connectivity index (χ0v) is 11.4. The van der Waals surface area contributed by atoms with Crippen molar-refractivity contribution < 1.29 is 22.8 Å². The highest BCUT2D eigenvalue weighted by Gasteiger charge is 2.48. The third-order valence-electron chi connectivity index (χ3n) is 4.77. The van der Waals surface area contributed by atoms with Crippen LogP contribution in [0.15, 0.2) is 0 Å². The van der Waals surface area contributed by atoms with E-state index in [1.165, 1.54) is 0 Å². The summed E-state index contributed by atoms with van der Waals surface area (Å²) >= 11 is 0. The van der Waals surface area contributed by atoms with E-state index >= 15 is 0 Å². The summed E-state index contributed by atoms with van der Waals surface area (Å²) in [6, 6.07) is -1.82. The Balaban J connectivity index is 1.60. The van der Waals surface area contributed by atoms with Crippen molar-refractivity contribution in [3.8, 4) is 0 Å². The summed E-state index contributed by atoms with van der Waals surface area (Å²) in [5.41, 5.74) is 0. The molecule has 0 aliphatic carbocycles. The Bertz CT molecular complexity index is 442. The van der Waals surface area contributed by atoms with Gasteiger partial charge in [-0.15, -0.1) is 0 Å². The number of likely N-dealkylation sites (tertiary alicyclic amines) is 1. The van der Waals surface area contributed by atoms with Crippen LogP contribution in [-0.4, -0.2) is 55.1 Å². The molecule has 3 fully saturated rings. The number of carbonyl (C=O) groups is 2. The summed E-state index contributed by atoms with van der Waals surface area (Å²) in [4.78, 5) is 25.8. The number of nitrogens with zero attached hydrogens (tertiary/aromatic N) is 1. The number of carbonyl (C=O) groups excluding carboxylic acids is 2. The lowest BCUT2D eigenvalue weighted by Crippen LogP contribution is -2.54. The highest BCUT2D eigenvalue weighted by molar-refractivity contribution is 6.01. The summed E-state index contributed by atoms with van der Waals surface area (Å²) in [7, 11) is 0. The molecule has 3 heterocycles. The number of halogens is 3. The van der Waals surface area contributed by atoms with Gasteiger partial charge in [-0.2, -0.15) is 13.2 Å². The first-order valence-corrected chi connectivity index (χ1v) is 7.23. The average Bonchev–Trinajstić information content (AvgIpc) is 2.97. The van der Waals surface area contributed by atoms with Crippen molar-refractivity contribution in [2.75, 3.05) is 26.2 Å². The fourth-order valence-corrected chi connectivity index (χ4v) is 3.55. The SMILES string of the molecule is O=C1NC(C(F)(F)F)CCC1C(=O)N1C[C@H]2CNC[C@H]2C1. The molecule has 0 aromatic rings. The second kappa shape index (κ2) is 5.15. The Morgan fingerprint density at radius 2 is 1.76 bits per heavy atom. The van der Waals surface area contributed by atoms with Crippen LogP contribution in [0.3, 0.4) is 0 Å². The Morgan fingerprint density at radius 1 is 1.14 bits per heavy atom. The number of rotatable bonds is 1. The van der Waals surface area contributed by atoms with Gasteiger partial charge in [-0.3, -0.25) is 9.59 Å². The number of hydrogen-bond donors (Lipinski definition) is 2. The van der Waals surface area contributed by atoms with Crippen LogP contribution in [-0.2, 0) is 9.59 Å². The van der Waals surface area contributed by atoms with Crippen molar-refractivity contribution in [3.63, 3.8) is 0 Å². The number of piperidine rings is 1. The highest BCUT2D eigenvalue weighted by atomic mass is 19.4. The van der Waals surface area contributed by atoms with Crippen molar-refractivity contribution in [2.45, 2.75) is 25.1 Å². The second-order valence-corrected chi connectivity index (χ2v) is 6.15. The Kier molecular flexibility index (Phi) is 3.59. The van der Waals surface area contributed by atoms with Gasteiger partial charge in [0.15, 0.2) is 0 Å². The lowest BCUT2D eigenvalue weighted by atomic mass is 9.92. The molecule has 2 unspecified atom stereocenters. The van der Waals surface area contributed by atoms with Gasteiger partial charge in [0, 0.05) is 26.2 Å². The van der Waals surface area contributed by atoms with Gasteiger partial charge in [0.25, 0.3) is 0 Å². The van der Waals surface area contributed by atoms with Gasteiger partial charge in [0.1, 0.15) is 12.0 Å². The molecular formula is C13H18F3N3O2. The maximum absolute atomic E-state index is 12.6. The van der Waals surface area contributed by atoms with Crippen molar-refractivity contribution in [1.82, 2.24) is 15.5 Å². The highest BCUT2D eigenvalue weighted by Crippen LogP contribution is 2.32. The van der Waals surface area contributed by atoms with Crippen LogP contribution < -0.4 is 10.6 Å². The second-order valence-electron chi connectivity index (χ2n) is 6.15. The molecule has 0 aromatic heterocycles. The lowest BCUT2D eigenvalue weighted by Gasteiger charge is -2.31. The molecule has 0 saturated carbocycles. The molecule has 3 aliphatic rings. The van der Waals surface area contributed by atoms with Gasteiger partial charge in [0.05, 0.1) is 0 Å². The topological polar surface area (TPSA) is 61.4 Å². The van der Waals surface area contributed by atoms with Gasteiger partial charge in [-0.05, 0) is 24.7 Å². The van der Waals surface area contributed by atoms with E-state index in [1.807, 2.05) is 5.32 Å². The Morgan fingerprint density at radius 3 is 2.29 bits per heavy atom. The van der Waals surface area contributed by atoms with E-state index < -0.39 is 24.0 Å². The fourth-order valence-electron chi connectivity index (χ4n) is 3.55. The summed E-state index contributed by atoms with van der Waals surface area (Å²) in [5.74, 6) is -1.26. The molecule has 0 bridgehead atoms. The Hall–Kier alpha value is -1.31. The zero-order chi connectivity index (χ0) is 15.2. The van der Waals surface area contributed by atoms with Crippen LogP contribution in [0.5, 0.6) is 0 Å². The van der Waals surface area contributed by atoms with Crippen LogP contribution in [0, 0.1) is 17.8 Å². The zero-order valence-electron chi connectivity index (χ0n) is 11.4. The molecule has 0 spiro atoms. The van der Waals surface area contributed by atoms with Gasteiger partial charge in [-0.25, -0.2) is 0 Å². The lowest BCUT2D eigenvalue weighted by molar-refractivity contribution is -0.172. The van der Waals surface area contributed by atoms with Gasteiger partial charge >= 0.3 is 6.18 Å². The number of nitrogens with one attached hydrogen (secondary N) is 2. The fraction of sp³-hybridized carbons (Fsp3) is 0.846. The Labute approximate surface area is 120 Å². The summed E-state index contributed by atoms with van der Waals surface area (Å²) in [6.45, 7) is 2.93. The van der Waals surface area contributed by atoms with Crippen LogP contribution in [0.25, 0.3) is 0 Å². The minimum absolute atomic E-state index is 0.0288. The van der Waals surface area contributed by atoms with Gasteiger partial charge in [-0.1, -0.05) is 0 Å². The van der Waals surface area contributed by atoms with E-state index in [1.54, 1.807) is 4.90 Å². The minimum Gasteiger partial charge on any atom is -0.344 e. The number of alkyl halides is 3. The summed E-state index contributed by atoms with van der Waals surface area (Å²) < 4.78 is 37.7. The molecule has 4 atom stereocenters. The van der Waals surface area contributed by atoms with Gasteiger partial charge < -0.3 is 15.5 Å². The molecule has 3 saturated heterocycles. The van der Waals surface area contributed by atoms with E-state index in [0.29, 0.717) is 24.9 Å². The first-order chi connectivity index (χ1) is 9.86. The van der Waals surface area contributed by atoms with Crippen LogP contribution >= 0.6 is 0 Å². The van der Waals surface area contributed by atoms with Crippen LogP contribution in [0.2, 0.25) is 0 Å². The number of amides is 2. The molecule has 3 rings (SSSR count). The monoisotopic (exact) mass is 305 g/mol. The van der Waals surface area contributed by atoms with Crippen LogP contribution in [0.4, 0.5) is 13.2 Å². The predicted molar refractivity (Wildman–Crippen MR) is 67.1 cm³/mol. The maximum Gasteiger partial charge on any atom is 0.408 e. The maximum atomic E-state index is 12.6. The largest absolute Gasteiger partial charge is 0.408 e. The molecule has 5 nitrogen and oxygen atoms in total. The molecule has 2 N–H and O–H groups in total. The molecular weight excluding hydrogens is 287 g/mol. The van der Waals surface area contributed by atoms with Crippen molar-refractivity contribution in [3.05, 3.63) is 0 Å². The van der Waals surface area contributed by atoms with Crippen molar-refractivity contribution in [1.29, 1.82) is 0 Å². The molecule has 0 radical (unpaired) electrons. The summed E-state index contributed by atoms with van der Waals surface area (Å²) in [5, 5.41) is 5.19. The third-order valence-corrected chi connectivity index (χ3v) is 4.77. The molecule has 3 aliphatic heterocycles. The van der Waals surface area contributed by atoms with E-state index in [0.717, 1.165) is 13.1 Å². The summed E-state index contributed by atoms with van der Waals surface area (Å²) in [6.07, 6.45) is -4.70. The van der Waals surface area contributed by atoms with E-state index in [4.69, 9.17) is 0 Å². The predicted octanol–water partition coefficient (Wildman–Crippen LogP) is 0.121. The molecule has 8 heteroatoms. The number of hydrogen-bond acceptors (Lipinski definition) is 3.